The number of rotatable bonds is 5. The fourth-order valence-electron chi connectivity index (χ4n) is 2.20. The van der Waals surface area contributed by atoms with Gasteiger partial charge in [0.1, 0.15) is 11.9 Å². The molecule has 27 heavy (non-hydrogen) atoms. The first kappa shape index (κ1) is 20.8. The Balaban J connectivity index is 2.19. The first-order valence-corrected chi connectivity index (χ1v) is 8.90. The Labute approximate surface area is 167 Å². The second kappa shape index (κ2) is 9.45. The van der Waals surface area contributed by atoms with Gasteiger partial charge in [-0.2, -0.15) is 0 Å². The highest BCUT2D eigenvalue weighted by atomic mass is 35.5. The molecule has 1 aromatic heterocycles. The Bertz CT molecular complexity index is 910. The second-order valence-electron chi connectivity index (χ2n) is 5.56. The smallest absolute Gasteiger partial charge is 0.220 e. The number of nitrogens with zero attached hydrogens (tertiary/aromatic N) is 1. The van der Waals surface area contributed by atoms with E-state index in [1.165, 1.54) is 18.3 Å². The molecule has 0 aliphatic rings. The van der Waals surface area contributed by atoms with Gasteiger partial charge in [0.15, 0.2) is 11.6 Å². The summed E-state index contributed by atoms with van der Waals surface area (Å²) < 4.78 is 19.5. The monoisotopic (exact) mass is 409 g/mol. The number of pyridine rings is 1. The number of benzene rings is 1. The summed E-state index contributed by atoms with van der Waals surface area (Å²) in [7, 11) is 0. The van der Waals surface area contributed by atoms with Crippen molar-refractivity contribution in [1.82, 2.24) is 10.3 Å². The molecule has 1 atom stereocenters. The number of hydrogen-bond acceptors (Lipinski definition) is 4. The zero-order valence-corrected chi connectivity index (χ0v) is 16.3. The van der Waals surface area contributed by atoms with Crippen LogP contribution >= 0.6 is 23.2 Å². The number of carbonyl (C=O) groups excluding carboxylic acids is 1. The molecule has 1 heterocycles. The van der Waals surface area contributed by atoms with Gasteiger partial charge in [0.2, 0.25) is 5.91 Å². The number of anilines is 1. The van der Waals surface area contributed by atoms with Crippen molar-refractivity contribution in [2.24, 2.45) is 0 Å². The fraction of sp³-hybridized carbons (Fsp3) is 0.263. The fourth-order valence-corrected chi connectivity index (χ4v) is 2.87. The van der Waals surface area contributed by atoms with Crippen molar-refractivity contribution in [1.29, 1.82) is 0 Å². The first-order valence-electron chi connectivity index (χ1n) is 8.14. The average Bonchev–Trinajstić information content (AvgIpc) is 2.64. The van der Waals surface area contributed by atoms with E-state index >= 15 is 0 Å². The number of nitrogen functional groups attached to an aromatic ring is 1. The van der Waals surface area contributed by atoms with Gasteiger partial charge < -0.3 is 15.8 Å². The van der Waals surface area contributed by atoms with Crippen molar-refractivity contribution in [2.75, 3.05) is 12.3 Å². The molecule has 0 saturated heterocycles. The molecule has 0 aliphatic heterocycles. The largest absolute Gasteiger partial charge is 0.482 e. The van der Waals surface area contributed by atoms with E-state index < -0.39 is 11.9 Å². The molecular weight excluding hydrogens is 392 g/mol. The number of carbonyl (C=O) groups is 1. The molecule has 8 heteroatoms. The summed E-state index contributed by atoms with van der Waals surface area (Å²) >= 11 is 12.1. The van der Waals surface area contributed by atoms with E-state index in [2.05, 4.69) is 22.1 Å². The minimum Gasteiger partial charge on any atom is -0.482 e. The number of amides is 1. The highest BCUT2D eigenvalue weighted by molar-refractivity contribution is 6.36. The van der Waals surface area contributed by atoms with Crippen molar-refractivity contribution in [2.45, 2.75) is 26.4 Å². The van der Waals surface area contributed by atoms with Gasteiger partial charge in [0.25, 0.3) is 0 Å². The molecular formula is C19H18Cl2FN3O2. The third-order valence-electron chi connectivity index (χ3n) is 3.60. The van der Waals surface area contributed by atoms with E-state index in [0.29, 0.717) is 17.5 Å². The van der Waals surface area contributed by atoms with Crippen LogP contribution in [0.15, 0.2) is 24.4 Å². The van der Waals surface area contributed by atoms with Gasteiger partial charge in [-0.05, 0) is 19.1 Å². The van der Waals surface area contributed by atoms with E-state index in [1.54, 1.807) is 19.9 Å². The second-order valence-corrected chi connectivity index (χ2v) is 6.34. The summed E-state index contributed by atoms with van der Waals surface area (Å²) in [6, 6.07) is 4.20. The van der Waals surface area contributed by atoms with Gasteiger partial charge in [-0.25, -0.2) is 9.37 Å². The van der Waals surface area contributed by atoms with E-state index in [1.807, 2.05) is 0 Å². The summed E-state index contributed by atoms with van der Waals surface area (Å²) in [6.07, 6.45) is 1.22. The number of hydrogen-bond donors (Lipinski definition) is 2. The molecule has 2 rings (SSSR count). The number of halogens is 3. The van der Waals surface area contributed by atoms with Gasteiger partial charge in [0, 0.05) is 34.8 Å². The Kier molecular flexibility index (Phi) is 7.28. The maximum atomic E-state index is 13.7. The van der Waals surface area contributed by atoms with Crippen LogP contribution in [-0.2, 0) is 4.79 Å². The summed E-state index contributed by atoms with van der Waals surface area (Å²) in [5, 5.41) is 2.82. The lowest BCUT2D eigenvalue weighted by molar-refractivity contribution is -0.120. The summed E-state index contributed by atoms with van der Waals surface area (Å²) in [6.45, 7) is 3.65. The van der Waals surface area contributed by atoms with E-state index in [4.69, 9.17) is 33.7 Å². The molecule has 0 bridgehead atoms. The highest BCUT2D eigenvalue weighted by Gasteiger charge is 2.19. The van der Waals surface area contributed by atoms with Gasteiger partial charge in [-0.3, -0.25) is 4.79 Å². The normalized spacial score (nSPS) is 11.3. The molecule has 0 radical (unpaired) electrons. The molecule has 2 aromatic rings. The van der Waals surface area contributed by atoms with Gasteiger partial charge >= 0.3 is 0 Å². The van der Waals surface area contributed by atoms with E-state index in [9.17, 15) is 9.18 Å². The van der Waals surface area contributed by atoms with Crippen LogP contribution < -0.4 is 15.8 Å². The standard InChI is InChI=1S/C19H18Cl2FN3O2/c1-3-16(26)24-8-4-5-12-9-15(19(23)25-10-12)27-11(2)17-13(20)6-7-14(22)18(17)21/h6-7,9-11H,3,8H2,1-2H3,(H2,23,25)(H,24,26). The van der Waals surface area contributed by atoms with Crippen molar-refractivity contribution in [3.05, 3.63) is 51.4 Å². The summed E-state index contributed by atoms with van der Waals surface area (Å²) in [4.78, 5) is 15.2. The van der Waals surface area contributed by atoms with Crippen LogP contribution in [0.2, 0.25) is 10.0 Å². The molecule has 1 unspecified atom stereocenters. The third kappa shape index (κ3) is 5.49. The molecule has 5 nitrogen and oxygen atoms in total. The topological polar surface area (TPSA) is 77.2 Å². The number of aromatic nitrogens is 1. The van der Waals surface area contributed by atoms with Crippen LogP contribution in [0.5, 0.6) is 5.75 Å². The van der Waals surface area contributed by atoms with Gasteiger partial charge in [0.05, 0.1) is 11.6 Å². The molecule has 0 spiro atoms. The SMILES string of the molecule is CCC(=O)NCC#Cc1cnc(N)c(OC(C)c2c(Cl)ccc(F)c2Cl)c1. The minimum atomic E-state index is -0.670. The van der Waals surface area contributed by atoms with Crippen LogP contribution in [0, 0.1) is 17.7 Å². The van der Waals surface area contributed by atoms with Crippen LogP contribution in [0.4, 0.5) is 10.2 Å². The first-order chi connectivity index (χ1) is 12.8. The van der Waals surface area contributed by atoms with Crippen molar-refractivity contribution < 1.29 is 13.9 Å². The molecule has 0 fully saturated rings. The Hall–Kier alpha value is -2.49. The predicted molar refractivity (Wildman–Crippen MR) is 104 cm³/mol. The molecule has 1 amide bonds. The lowest BCUT2D eigenvalue weighted by atomic mass is 10.1. The van der Waals surface area contributed by atoms with Crippen LogP contribution in [0.25, 0.3) is 0 Å². The van der Waals surface area contributed by atoms with Crippen molar-refractivity contribution in [3.8, 4) is 17.6 Å². The van der Waals surface area contributed by atoms with Crippen molar-refractivity contribution >= 4 is 34.9 Å². The zero-order valence-electron chi connectivity index (χ0n) is 14.8. The molecule has 0 saturated carbocycles. The van der Waals surface area contributed by atoms with Crippen LogP contribution in [0.1, 0.15) is 37.5 Å². The Morgan fingerprint density at radius 1 is 1.44 bits per heavy atom. The van der Waals surface area contributed by atoms with Crippen LogP contribution in [0.3, 0.4) is 0 Å². The number of ether oxygens (including phenoxy) is 1. The Morgan fingerprint density at radius 3 is 2.89 bits per heavy atom. The average molecular weight is 410 g/mol. The maximum Gasteiger partial charge on any atom is 0.220 e. The molecule has 3 N–H and O–H groups in total. The molecule has 0 aliphatic carbocycles. The molecule has 1 aromatic carbocycles. The quantitative estimate of drug-likeness (QED) is 0.574. The van der Waals surface area contributed by atoms with E-state index in [0.717, 1.165) is 0 Å². The third-order valence-corrected chi connectivity index (χ3v) is 4.31. The Morgan fingerprint density at radius 2 is 2.19 bits per heavy atom. The van der Waals surface area contributed by atoms with Crippen LogP contribution in [-0.4, -0.2) is 17.4 Å². The number of nitrogens with one attached hydrogen (secondary N) is 1. The lowest BCUT2D eigenvalue weighted by Crippen LogP contribution is -2.22. The highest BCUT2D eigenvalue weighted by Crippen LogP contribution is 2.35. The zero-order chi connectivity index (χ0) is 20.0. The molecule has 142 valence electrons. The van der Waals surface area contributed by atoms with Gasteiger partial charge in [-0.1, -0.05) is 42.0 Å². The van der Waals surface area contributed by atoms with Crippen molar-refractivity contribution in [3.63, 3.8) is 0 Å². The van der Waals surface area contributed by atoms with Gasteiger partial charge in [-0.15, -0.1) is 0 Å². The summed E-state index contributed by atoms with van der Waals surface area (Å²) in [5.41, 5.74) is 6.72. The minimum absolute atomic E-state index is 0.0820. The maximum absolute atomic E-state index is 13.7. The number of nitrogens with two attached hydrogens (primary N) is 1. The lowest BCUT2D eigenvalue weighted by Gasteiger charge is -2.18. The predicted octanol–water partition coefficient (Wildman–Crippen LogP) is 4.13. The van der Waals surface area contributed by atoms with E-state index in [-0.39, 0.29) is 34.1 Å². The summed E-state index contributed by atoms with van der Waals surface area (Å²) in [5.74, 6) is 5.42.